The summed E-state index contributed by atoms with van der Waals surface area (Å²) >= 11 is 1.47. The molecule has 3 aliphatic rings. The lowest BCUT2D eigenvalue weighted by molar-refractivity contribution is -0.384. The minimum absolute atomic E-state index is 0.127. The van der Waals surface area contributed by atoms with Gasteiger partial charge in [0.2, 0.25) is 0 Å². The first-order valence-electron chi connectivity index (χ1n) is 13.1. The van der Waals surface area contributed by atoms with Gasteiger partial charge in [-0.15, -0.1) is 11.3 Å². The average molecular weight is 547 g/mol. The van der Waals surface area contributed by atoms with E-state index >= 15 is 0 Å². The Morgan fingerprint density at radius 3 is 2.74 bits per heavy atom. The molecule has 39 heavy (non-hydrogen) atoms. The number of carbonyl (C=O) groups excluding carboxylic acids is 2. The van der Waals surface area contributed by atoms with E-state index in [-0.39, 0.29) is 35.9 Å². The molecule has 0 spiro atoms. The number of benzene rings is 1. The zero-order valence-corrected chi connectivity index (χ0v) is 23.0. The fourth-order valence-electron chi connectivity index (χ4n) is 6.01. The van der Waals surface area contributed by atoms with Crippen molar-refractivity contribution in [3.05, 3.63) is 78.6 Å². The van der Waals surface area contributed by atoms with Gasteiger partial charge in [0.1, 0.15) is 10.8 Å². The standard InChI is InChI=1S/C29H30N4O5S/c1-4-38-28(35)24-18-10-5-6-11-22(18)39-27(24)32-20-13-29(2,3)14-21(34)25(20)23(19(15-30)26(32)31)16-8-7-9-17(12-16)33(36)37/h7-9,12,23H,4-6,10-11,13-14,31H2,1-3H3/t23-/m1/s1. The van der Waals surface area contributed by atoms with E-state index in [0.29, 0.717) is 33.8 Å². The molecule has 5 rings (SSSR count). The number of rotatable bonds is 5. The number of anilines is 1. The average Bonchev–Trinajstić information content (AvgIpc) is 3.26. The summed E-state index contributed by atoms with van der Waals surface area (Å²) < 4.78 is 5.47. The first-order valence-corrected chi connectivity index (χ1v) is 13.9. The lowest BCUT2D eigenvalue weighted by Crippen LogP contribution is -2.42. The summed E-state index contributed by atoms with van der Waals surface area (Å²) in [5.41, 5.74) is 9.29. The Labute approximate surface area is 230 Å². The van der Waals surface area contributed by atoms with Crippen LogP contribution in [0.25, 0.3) is 0 Å². The van der Waals surface area contributed by atoms with Crippen molar-refractivity contribution < 1.29 is 19.2 Å². The molecule has 10 heteroatoms. The van der Waals surface area contributed by atoms with Gasteiger partial charge >= 0.3 is 5.97 Å². The molecule has 0 unspecified atom stereocenters. The zero-order chi connectivity index (χ0) is 28.1. The number of esters is 1. The van der Waals surface area contributed by atoms with Gasteiger partial charge < -0.3 is 10.5 Å². The van der Waals surface area contributed by atoms with E-state index in [9.17, 15) is 25.0 Å². The maximum absolute atomic E-state index is 13.8. The summed E-state index contributed by atoms with van der Waals surface area (Å²) in [6.07, 6.45) is 4.28. The molecular weight excluding hydrogens is 516 g/mol. The van der Waals surface area contributed by atoms with Crippen LogP contribution in [0.15, 0.2) is 46.9 Å². The van der Waals surface area contributed by atoms with Crippen LogP contribution in [0.3, 0.4) is 0 Å². The quantitative estimate of drug-likeness (QED) is 0.288. The van der Waals surface area contributed by atoms with Gasteiger partial charge in [-0.3, -0.25) is 19.8 Å². The highest BCUT2D eigenvalue weighted by molar-refractivity contribution is 7.16. The summed E-state index contributed by atoms with van der Waals surface area (Å²) in [5.74, 6) is -1.29. The Morgan fingerprint density at radius 1 is 1.31 bits per heavy atom. The number of thiophene rings is 1. The third-order valence-corrected chi connectivity index (χ3v) is 8.91. The monoisotopic (exact) mass is 546 g/mol. The second-order valence-corrected chi connectivity index (χ2v) is 12.0. The van der Waals surface area contributed by atoms with Crippen LogP contribution in [0.4, 0.5) is 10.7 Å². The third kappa shape index (κ3) is 4.51. The second kappa shape index (κ2) is 9.97. The number of aryl methyl sites for hydroxylation is 1. The molecule has 2 N–H and O–H groups in total. The van der Waals surface area contributed by atoms with Crippen molar-refractivity contribution in [2.45, 2.75) is 65.2 Å². The van der Waals surface area contributed by atoms with Gasteiger partial charge in [-0.05, 0) is 55.6 Å². The maximum atomic E-state index is 13.8. The largest absolute Gasteiger partial charge is 0.462 e. The molecule has 202 valence electrons. The minimum atomic E-state index is -0.842. The number of nitrogens with two attached hydrogens (primary N) is 1. The molecule has 1 atom stereocenters. The molecule has 1 aromatic heterocycles. The van der Waals surface area contributed by atoms with Crippen LogP contribution in [0.2, 0.25) is 0 Å². The number of allylic oxidation sites excluding steroid dienone is 3. The van der Waals surface area contributed by atoms with Crippen molar-refractivity contribution in [2.75, 3.05) is 11.5 Å². The van der Waals surface area contributed by atoms with E-state index in [1.54, 1.807) is 24.0 Å². The van der Waals surface area contributed by atoms with Gasteiger partial charge in [0.05, 0.1) is 34.7 Å². The number of ether oxygens (including phenoxy) is 1. The smallest absolute Gasteiger partial charge is 0.341 e. The number of nitrogens with zero attached hydrogens (tertiary/aromatic N) is 3. The van der Waals surface area contributed by atoms with E-state index in [0.717, 1.165) is 36.1 Å². The summed E-state index contributed by atoms with van der Waals surface area (Å²) in [5, 5.41) is 22.5. The van der Waals surface area contributed by atoms with E-state index in [4.69, 9.17) is 10.5 Å². The Kier molecular flexibility index (Phi) is 6.81. The Morgan fingerprint density at radius 2 is 2.05 bits per heavy atom. The second-order valence-electron chi connectivity index (χ2n) is 10.9. The van der Waals surface area contributed by atoms with Gasteiger partial charge in [-0.2, -0.15) is 5.26 Å². The predicted octanol–water partition coefficient (Wildman–Crippen LogP) is 5.65. The lowest BCUT2D eigenvalue weighted by atomic mass is 9.68. The van der Waals surface area contributed by atoms with Crippen molar-refractivity contribution in [2.24, 2.45) is 11.1 Å². The Hall–Kier alpha value is -3.97. The highest BCUT2D eigenvalue weighted by Crippen LogP contribution is 2.53. The summed E-state index contributed by atoms with van der Waals surface area (Å²) in [7, 11) is 0. The maximum Gasteiger partial charge on any atom is 0.341 e. The van der Waals surface area contributed by atoms with E-state index < -0.39 is 22.2 Å². The van der Waals surface area contributed by atoms with Crippen LogP contribution >= 0.6 is 11.3 Å². The molecule has 0 saturated carbocycles. The number of fused-ring (bicyclic) bond motifs is 1. The number of hydrogen-bond acceptors (Lipinski definition) is 9. The van der Waals surface area contributed by atoms with Crippen molar-refractivity contribution in [1.29, 1.82) is 5.26 Å². The number of nitriles is 1. The van der Waals surface area contributed by atoms with Crippen LogP contribution in [-0.2, 0) is 22.4 Å². The molecule has 9 nitrogen and oxygen atoms in total. The van der Waals surface area contributed by atoms with E-state index in [2.05, 4.69) is 6.07 Å². The summed E-state index contributed by atoms with van der Waals surface area (Å²) in [6.45, 7) is 5.97. The number of non-ortho nitro benzene ring substituents is 1. The van der Waals surface area contributed by atoms with Crippen LogP contribution in [0, 0.1) is 26.9 Å². The minimum Gasteiger partial charge on any atom is -0.462 e. The molecular formula is C29H30N4O5S. The summed E-state index contributed by atoms with van der Waals surface area (Å²) in [4.78, 5) is 41.0. The van der Waals surface area contributed by atoms with Crippen LogP contribution in [0.5, 0.6) is 0 Å². The first-order chi connectivity index (χ1) is 18.6. The third-order valence-electron chi connectivity index (χ3n) is 7.63. The fraction of sp³-hybridized carbons (Fsp3) is 0.414. The van der Waals surface area contributed by atoms with Crippen molar-refractivity contribution >= 4 is 33.8 Å². The number of carbonyl (C=O) groups is 2. The number of Topliss-reactive ketones (excluding diaryl/α,β-unsaturated/α-hetero) is 1. The SMILES string of the molecule is CCOC(=O)c1c(N2C(N)=C(C#N)[C@@H](c3cccc([N+](=O)[O-])c3)C3=C2CC(C)(C)CC3=O)sc2c1CCCC2. The molecule has 1 aliphatic heterocycles. The van der Waals surface area contributed by atoms with Crippen molar-refractivity contribution in [3.8, 4) is 6.07 Å². The number of nitro benzene ring substituents is 1. The van der Waals surface area contributed by atoms with Crippen LogP contribution < -0.4 is 10.6 Å². The van der Waals surface area contributed by atoms with E-state index in [1.165, 1.54) is 23.5 Å². The highest BCUT2D eigenvalue weighted by Gasteiger charge is 2.46. The lowest BCUT2D eigenvalue weighted by Gasteiger charge is -2.43. The number of ketones is 1. The topological polar surface area (TPSA) is 140 Å². The predicted molar refractivity (Wildman–Crippen MR) is 147 cm³/mol. The Bertz CT molecular complexity index is 1510. The van der Waals surface area contributed by atoms with Crippen molar-refractivity contribution in [3.63, 3.8) is 0 Å². The molecule has 0 radical (unpaired) electrons. The molecule has 2 aromatic rings. The number of nitro groups is 1. The fourth-order valence-corrected chi connectivity index (χ4v) is 7.43. The molecule has 0 amide bonds. The molecule has 0 saturated heterocycles. The van der Waals surface area contributed by atoms with Gasteiger partial charge in [0, 0.05) is 34.7 Å². The van der Waals surface area contributed by atoms with Crippen LogP contribution in [-0.4, -0.2) is 23.3 Å². The van der Waals surface area contributed by atoms with Gasteiger partial charge in [0.15, 0.2) is 5.78 Å². The highest BCUT2D eigenvalue weighted by atomic mass is 32.1. The zero-order valence-electron chi connectivity index (χ0n) is 22.2. The number of hydrogen-bond donors (Lipinski definition) is 1. The molecule has 1 aromatic carbocycles. The molecule has 0 fully saturated rings. The molecule has 2 aliphatic carbocycles. The normalized spacial score (nSPS) is 20.3. The first kappa shape index (κ1) is 26.6. The van der Waals surface area contributed by atoms with Crippen LogP contribution in [0.1, 0.15) is 78.7 Å². The van der Waals surface area contributed by atoms with Gasteiger partial charge in [-0.25, -0.2) is 4.79 Å². The van der Waals surface area contributed by atoms with Gasteiger partial charge in [-0.1, -0.05) is 26.0 Å². The molecule has 0 bridgehead atoms. The molecule has 2 heterocycles. The Balaban J connectivity index is 1.80. The summed E-state index contributed by atoms with van der Waals surface area (Å²) in [6, 6.07) is 8.21. The van der Waals surface area contributed by atoms with Crippen molar-refractivity contribution in [1.82, 2.24) is 0 Å². The van der Waals surface area contributed by atoms with E-state index in [1.807, 2.05) is 13.8 Å². The van der Waals surface area contributed by atoms with Gasteiger partial charge in [0.25, 0.3) is 5.69 Å².